The molecule has 0 aliphatic rings. The van der Waals surface area contributed by atoms with Gasteiger partial charge in [0.2, 0.25) is 0 Å². The topological polar surface area (TPSA) is 112 Å². The van der Waals surface area contributed by atoms with Gasteiger partial charge < -0.3 is 19.8 Å². The summed E-state index contributed by atoms with van der Waals surface area (Å²) in [6.45, 7) is 5.86. The molecule has 44 heavy (non-hydrogen) atoms. The second kappa shape index (κ2) is 31.1. The minimum Gasteiger partial charge on any atom is -0.481 e. The van der Waals surface area contributed by atoms with Gasteiger partial charge in [-0.15, -0.1) is 0 Å². The molecule has 0 unspecified atom stereocenters. The number of carbonyl (C=O) groups is 3. The summed E-state index contributed by atoms with van der Waals surface area (Å²) >= 11 is 0. The standard InChI is InChI=1S/C37H69NO6/c1-2-3-4-5-6-7-8-9-10-11-12-13-14-15-16-17-18-19-20-24-31-38(32-25-21-28-35(39)40,33-26-22-29-36(41)42)34-27-23-30-37(43)44/h18-19H,2-17,20-34H2,1H3,(H2-,39,40,41,42,43,44)/p+1/b19-18+. The lowest BCUT2D eigenvalue weighted by Gasteiger charge is -2.39. The molecular formula is C37H70NO6+. The molecule has 0 saturated heterocycles. The molecule has 0 aromatic carbocycles. The van der Waals surface area contributed by atoms with Crippen molar-refractivity contribution in [2.75, 3.05) is 26.2 Å². The van der Waals surface area contributed by atoms with E-state index < -0.39 is 17.9 Å². The van der Waals surface area contributed by atoms with Crippen LogP contribution in [-0.4, -0.2) is 63.9 Å². The van der Waals surface area contributed by atoms with Crippen LogP contribution in [0.3, 0.4) is 0 Å². The Morgan fingerprint density at radius 3 is 1.05 bits per heavy atom. The van der Waals surface area contributed by atoms with Crippen LogP contribution in [0.15, 0.2) is 12.2 Å². The van der Waals surface area contributed by atoms with Crippen molar-refractivity contribution in [2.24, 2.45) is 0 Å². The number of quaternary nitrogens is 1. The van der Waals surface area contributed by atoms with Crippen molar-refractivity contribution in [3.05, 3.63) is 12.2 Å². The smallest absolute Gasteiger partial charge is 0.303 e. The van der Waals surface area contributed by atoms with Crippen LogP contribution < -0.4 is 0 Å². The van der Waals surface area contributed by atoms with Crippen molar-refractivity contribution < 1.29 is 34.2 Å². The van der Waals surface area contributed by atoms with Crippen molar-refractivity contribution in [3.8, 4) is 0 Å². The molecule has 0 spiro atoms. The van der Waals surface area contributed by atoms with Crippen molar-refractivity contribution in [3.63, 3.8) is 0 Å². The number of allylic oxidation sites excluding steroid dienone is 2. The van der Waals surface area contributed by atoms with E-state index >= 15 is 0 Å². The monoisotopic (exact) mass is 625 g/mol. The first kappa shape index (κ1) is 42.1. The molecule has 7 heteroatoms. The Morgan fingerprint density at radius 1 is 0.409 bits per heavy atom. The van der Waals surface area contributed by atoms with Crippen molar-refractivity contribution >= 4 is 17.9 Å². The molecule has 7 nitrogen and oxygen atoms in total. The summed E-state index contributed by atoms with van der Waals surface area (Å²) in [4.78, 5) is 33.0. The number of rotatable bonds is 35. The van der Waals surface area contributed by atoms with Gasteiger partial charge in [-0.1, -0.05) is 109 Å². The molecular weight excluding hydrogens is 554 g/mol. The van der Waals surface area contributed by atoms with Crippen LogP contribution in [0.25, 0.3) is 0 Å². The largest absolute Gasteiger partial charge is 0.481 e. The molecule has 0 bridgehead atoms. The van der Waals surface area contributed by atoms with Gasteiger partial charge >= 0.3 is 17.9 Å². The van der Waals surface area contributed by atoms with Gasteiger partial charge in [0.05, 0.1) is 26.2 Å². The average molecular weight is 625 g/mol. The highest BCUT2D eigenvalue weighted by molar-refractivity contribution is 5.67. The van der Waals surface area contributed by atoms with Gasteiger partial charge in [-0.2, -0.15) is 0 Å². The summed E-state index contributed by atoms with van der Waals surface area (Å²) in [6, 6.07) is 0. The van der Waals surface area contributed by atoms with Crippen LogP contribution in [0.4, 0.5) is 0 Å². The average Bonchev–Trinajstić information content (AvgIpc) is 2.98. The highest BCUT2D eigenvalue weighted by Gasteiger charge is 2.26. The van der Waals surface area contributed by atoms with E-state index in [0.29, 0.717) is 19.3 Å². The second-order valence-corrected chi connectivity index (χ2v) is 13.1. The minimum absolute atomic E-state index is 0.167. The van der Waals surface area contributed by atoms with Crippen LogP contribution in [-0.2, 0) is 14.4 Å². The molecule has 0 aliphatic heterocycles. The number of aliphatic carboxylic acids is 3. The number of unbranched alkanes of at least 4 members (excludes halogenated alkanes) is 19. The first-order chi connectivity index (χ1) is 21.3. The van der Waals surface area contributed by atoms with E-state index in [2.05, 4.69) is 19.1 Å². The maximum atomic E-state index is 11.0. The highest BCUT2D eigenvalue weighted by atomic mass is 16.4. The van der Waals surface area contributed by atoms with E-state index in [4.69, 9.17) is 15.3 Å². The summed E-state index contributed by atoms with van der Waals surface area (Å²) in [5.41, 5.74) is 0. The fourth-order valence-corrected chi connectivity index (χ4v) is 6.25. The molecule has 0 aromatic heterocycles. The zero-order valence-electron chi connectivity index (χ0n) is 28.6. The molecule has 0 heterocycles. The maximum Gasteiger partial charge on any atom is 0.303 e. The predicted molar refractivity (Wildman–Crippen MR) is 182 cm³/mol. The fraction of sp³-hybridized carbons (Fsp3) is 0.865. The Hall–Kier alpha value is -1.89. The Kier molecular flexibility index (Phi) is 29.8. The quantitative estimate of drug-likeness (QED) is 0.0367. The molecule has 0 saturated carbocycles. The second-order valence-electron chi connectivity index (χ2n) is 13.1. The van der Waals surface area contributed by atoms with E-state index in [1.54, 1.807) is 0 Å². The third-order valence-electron chi connectivity index (χ3n) is 8.96. The van der Waals surface area contributed by atoms with Crippen molar-refractivity contribution in [1.29, 1.82) is 0 Å². The minimum atomic E-state index is -0.773. The first-order valence-electron chi connectivity index (χ1n) is 18.5. The molecule has 0 rings (SSSR count). The summed E-state index contributed by atoms with van der Waals surface area (Å²) in [7, 11) is 0. The molecule has 0 amide bonds. The van der Waals surface area contributed by atoms with Gasteiger partial charge in [-0.3, -0.25) is 14.4 Å². The molecule has 0 aliphatic carbocycles. The van der Waals surface area contributed by atoms with Crippen LogP contribution in [0.2, 0.25) is 0 Å². The number of carboxylic acid groups (broad SMARTS) is 3. The molecule has 0 aromatic rings. The molecule has 3 N–H and O–H groups in total. The van der Waals surface area contributed by atoms with Crippen LogP contribution >= 0.6 is 0 Å². The number of hydrogen-bond donors (Lipinski definition) is 3. The summed E-state index contributed by atoms with van der Waals surface area (Å²) in [6.07, 6.45) is 33.4. The zero-order valence-corrected chi connectivity index (χ0v) is 28.6. The fourth-order valence-electron chi connectivity index (χ4n) is 6.25. The highest BCUT2D eigenvalue weighted by Crippen LogP contribution is 2.19. The first-order valence-corrected chi connectivity index (χ1v) is 18.5. The van der Waals surface area contributed by atoms with E-state index in [1.807, 2.05) is 0 Å². The summed E-state index contributed by atoms with van der Waals surface area (Å²) < 4.78 is 0.839. The Balaban J connectivity index is 4.30. The van der Waals surface area contributed by atoms with E-state index in [0.717, 1.165) is 69.2 Å². The number of carboxylic acids is 3. The van der Waals surface area contributed by atoms with Gasteiger partial charge in [0.1, 0.15) is 0 Å². The molecule has 0 radical (unpaired) electrons. The van der Waals surface area contributed by atoms with Gasteiger partial charge in [0.15, 0.2) is 0 Å². The predicted octanol–water partition coefficient (Wildman–Crippen LogP) is 10.2. The lowest BCUT2D eigenvalue weighted by molar-refractivity contribution is -0.929. The van der Waals surface area contributed by atoms with E-state index in [-0.39, 0.29) is 19.3 Å². The van der Waals surface area contributed by atoms with E-state index in [9.17, 15) is 14.4 Å². The van der Waals surface area contributed by atoms with Crippen LogP contribution in [0, 0.1) is 0 Å². The lowest BCUT2D eigenvalue weighted by Crippen LogP contribution is -2.50. The molecule has 258 valence electrons. The number of nitrogens with zero attached hydrogens (tertiary/aromatic N) is 1. The van der Waals surface area contributed by atoms with Crippen LogP contribution in [0.5, 0.6) is 0 Å². The SMILES string of the molecule is CCCCCCCCCCCCCCCCC/C=C/CCC[N+](CCCCC(=O)O)(CCCCC(=O)O)CCCCC(=O)O. The van der Waals surface area contributed by atoms with Gasteiger partial charge in [0.25, 0.3) is 0 Å². The van der Waals surface area contributed by atoms with E-state index in [1.165, 1.54) is 96.3 Å². The third kappa shape index (κ3) is 30.1. The van der Waals surface area contributed by atoms with Crippen molar-refractivity contribution in [2.45, 2.75) is 180 Å². The normalized spacial score (nSPS) is 11.8. The Labute approximate surface area is 270 Å². The van der Waals surface area contributed by atoms with Crippen molar-refractivity contribution in [1.82, 2.24) is 0 Å². The van der Waals surface area contributed by atoms with Gasteiger partial charge in [-0.05, 0) is 57.8 Å². The van der Waals surface area contributed by atoms with Gasteiger partial charge in [-0.25, -0.2) is 0 Å². The number of hydrogen-bond acceptors (Lipinski definition) is 3. The summed E-state index contributed by atoms with van der Waals surface area (Å²) in [5.74, 6) is -2.32. The van der Waals surface area contributed by atoms with Gasteiger partial charge in [0, 0.05) is 25.7 Å². The summed E-state index contributed by atoms with van der Waals surface area (Å²) in [5, 5.41) is 27.2. The molecule has 0 atom stereocenters. The van der Waals surface area contributed by atoms with Crippen LogP contribution in [0.1, 0.15) is 180 Å². The maximum absolute atomic E-state index is 11.0. The Morgan fingerprint density at radius 2 is 0.705 bits per heavy atom. The third-order valence-corrected chi connectivity index (χ3v) is 8.96. The lowest BCUT2D eigenvalue weighted by atomic mass is 10.0. The Bertz CT molecular complexity index is 668. The zero-order chi connectivity index (χ0) is 32.6. The molecule has 0 fully saturated rings.